The van der Waals surface area contributed by atoms with Crippen molar-refractivity contribution in [2.75, 3.05) is 83.8 Å². The number of hydrogen-bond acceptors (Lipinski definition) is 14. The zero-order chi connectivity index (χ0) is 31.8. The molecular weight excluding hydrogens is 584 g/mol. The maximum atomic E-state index is 6.66. The Bertz CT molecular complexity index is 918. The molecule has 0 aromatic rings. The molecule has 14 atom stereocenters. The fourth-order valence-corrected chi connectivity index (χ4v) is 6.81. The molecule has 0 amide bonds. The molecule has 0 spiro atoms. The van der Waals surface area contributed by atoms with Crippen LogP contribution in [0.15, 0.2) is 24.0 Å². The van der Waals surface area contributed by atoms with E-state index in [4.69, 9.17) is 66.3 Å². The highest BCUT2D eigenvalue weighted by Crippen LogP contribution is 2.44. The first-order chi connectivity index (χ1) is 21.4. The van der Waals surface area contributed by atoms with Gasteiger partial charge in [-0.05, 0) is 11.6 Å². The number of fused-ring (bicyclic) bond motifs is 1. The number of hydrogen-bond donors (Lipinski definition) is 0. The molecule has 0 saturated carbocycles. The Balaban J connectivity index is 1.57. The van der Waals surface area contributed by atoms with E-state index in [2.05, 4.69) is 0 Å². The maximum absolute atomic E-state index is 6.66. The summed E-state index contributed by atoms with van der Waals surface area (Å²) in [5.41, 5.74) is 0.952. The Labute approximate surface area is 260 Å². The molecule has 0 N–H and O–H groups in total. The molecule has 9 unspecified atom stereocenters. The van der Waals surface area contributed by atoms with Crippen LogP contribution in [0.5, 0.6) is 0 Å². The van der Waals surface area contributed by atoms with Crippen molar-refractivity contribution < 1.29 is 66.3 Å². The SMILES string of the molecule is COCC1=CC(O[C@@H]2O[C@H](COC)[C@@H](OC)[C@H](OC)[C@H]2OC)C2C=COC(OC3OC(OC)C(OC)C(OC)C3COC)C12. The second-order valence-corrected chi connectivity index (χ2v) is 11.1. The first kappa shape index (κ1) is 35.6. The molecule has 0 aromatic carbocycles. The number of methoxy groups -OCH3 is 9. The summed E-state index contributed by atoms with van der Waals surface area (Å²) in [5, 5.41) is 0. The van der Waals surface area contributed by atoms with Crippen LogP contribution >= 0.6 is 0 Å². The van der Waals surface area contributed by atoms with Crippen molar-refractivity contribution in [2.45, 2.75) is 67.9 Å². The van der Waals surface area contributed by atoms with Crippen LogP contribution in [0.1, 0.15) is 0 Å². The van der Waals surface area contributed by atoms with E-state index in [0.717, 1.165) is 5.57 Å². The van der Waals surface area contributed by atoms with E-state index in [1.807, 2.05) is 12.2 Å². The molecule has 14 heteroatoms. The molecule has 0 radical (unpaired) electrons. The molecule has 4 rings (SSSR count). The van der Waals surface area contributed by atoms with Crippen molar-refractivity contribution in [1.29, 1.82) is 0 Å². The Hall–Kier alpha value is -1.24. The Morgan fingerprint density at radius 2 is 1.25 bits per heavy atom. The lowest BCUT2D eigenvalue weighted by Crippen LogP contribution is -2.61. The highest BCUT2D eigenvalue weighted by molar-refractivity contribution is 5.26. The van der Waals surface area contributed by atoms with Gasteiger partial charge in [-0.1, -0.05) is 6.08 Å². The first-order valence-corrected chi connectivity index (χ1v) is 14.7. The predicted molar refractivity (Wildman–Crippen MR) is 152 cm³/mol. The third-order valence-electron chi connectivity index (χ3n) is 8.78. The summed E-state index contributed by atoms with van der Waals surface area (Å²) in [4.78, 5) is 0. The molecule has 3 aliphatic heterocycles. The summed E-state index contributed by atoms with van der Waals surface area (Å²) in [6.07, 6.45) is -0.627. The normalized spacial score (nSPS) is 42.2. The second-order valence-electron chi connectivity index (χ2n) is 11.1. The fourth-order valence-electron chi connectivity index (χ4n) is 6.81. The lowest BCUT2D eigenvalue weighted by Gasteiger charge is -2.46. The van der Waals surface area contributed by atoms with Gasteiger partial charge in [0.2, 0.25) is 6.29 Å². The van der Waals surface area contributed by atoms with Crippen LogP contribution in [0.4, 0.5) is 0 Å². The van der Waals surface area contributed by atoms with Crippen LogP contribution in [0.2, 0.25) is 0 Å². The smallest absolute Gasteiger partial charge is 0.208 e. The minimum atomic E-state index is -0.792. The van der Waals surface area contributed by atoms with Crippen LogP contribution in [0, 0.1) is 17.8 Å². The summed E-state index contributed by atoms with van der Waals surface area (Å²) in [6, 6.07) is 0. The van der Waals surface area contributed by atoms with Gasteiger partial charge in [0.05, 0.1) is 50.1 Å². The van der Waals surface area contributed by atoms with E-state index < -0.39 is 67.9 Å². The molecule has 3 heterocycles. The molecule has 1 aliphatic carbocycles. The molecular formula is C30H50O14. The Morgan fingerprint density at radius 3 is 1.84 bits per heavy atom. The lowest BCUT2D eigenvalue weighted by molar-refractivity contribution is -0.371. The molecule has 0 aromatic heterocycles. The van der Waals surface area contributed by atoms with Crippen LogP contribution < -0.4 is 0 Å². The zero-order valence-corrected chi connectivity index (χ0v) is 27.2. The molecule has 2 fully saturated rings. The van der Waals surface area contributed by atoms with Crippen molar-refractivity contribution in [3.05, 3.63) is 24.0 Å². The summed E-state index contributed by atoms with van der Waals surface area (Å²) >= 11 is 0. The first-order valence-electron chi connectivity index (χ1n) is 14.7. The average molecular weight is 635 g/mol. The fraction of sp³-hybridized carbons (Fsp3) is 0.867. The number of ether oxygens (including phenoxy) is 14. The second kappa shape index (κ2) is 17.1. The topological polar surface area (TPSA) is 129 Å². The minimum absolute atomic E-state index is 0.172. The number of rotatable bonds is 16. The van der Waals surface area contributed by atoms with Gasteiger partial charge >= 0.3 is 0 Å². The molecule has 2 saturated heterocycles. The van der Waals surface area contributed by atoms with Crippen LogP contribution in [-0.4, -0.2) is 152 Å². The third-order valence-corrected chi connectivity index (χ3v) is 8.78. The van der Waals surface area contributed by atoms with Gasteiger partial charge in [0.15, 0.2) is 18.9 Å². The quantitative estimate of drug-likeness (QED) is 0.225. The van der Waals surface area contributed by atoms with Gasteiger partial charge in [0.1, 0.15) is 30.5 Å². The van der Waals surface area contributed by atoms with Crippen molar-refractivity contribution in [1.82, 2.24) is 0 Å². The Kier molecular flexibility index (Phi) is 13.8. The molecule has 14 nitrogen and oxygen atoms in total. The summed E-state index contributed by atoms with van der Waals surface area (Å²) in [5.74, 6) is -0.772. The standard InChI is InChI=1S/C30H50O14/c1-31-13-16-12-19(41-30-26(38-8)24(36-6)23(35-5)20(42-30)15-33-3)17-10-11-40-28(21(16)17)43-27-18(14-32-2)22(34-4)25(37-7)29(39-9)44-27/h10-12,17-30H,13-15H2,1-9H3/t17?,18?,19?,20-,21?,22?,23-,24+,25?,26-,27?,28?,29?,30-/m1/s1. The summed E-state index contributed by atoms with van der Waals surface area (Å²) in [6.45, 7) is 0.931. The van der Waals surface area contributed by atoms with Crippen molar-refractivity contribution in [2.24, 2.45) is 17.8 Å². The van der Waals surface area contributed by atoms with Gasteiger partial charge in [0.25, 0.3) is 0 Å². The van der Waals surface area contributed by atoms with E-state index in [0.29, 0.717) is 19.8 Å². The summed E-state index contributed by atoms with van der Waals surface area (Å²) < 4.78 is 82.9. The van der Waals surface area contributed by atoms with Gasteiger partial charge in [0, 0.05) is 69.9 Å². The Morgan fingerprint density at radius 1 is 0.591 bits per heavy atom. The zero-order valence-electron chi connectivity index (χ0n) is 27.2. The van der Waals surface area contributed by atoms with E-state index in [1.165, 1.54) is 0 Å². The summed E-state index contributed by atoms with van der Waals surface area (Å²) in [7, 11) is 14.4. The van der Waals surface area contributed by atoms with Gasteiger partial charge in [-0.2, -0.15) is 0 Å². The van der Waals surface area contributed by atoms with Gasteiger partial charge in [-0.3, -0.25) is 0 Å². The largest absolute Gasteiger partial charge is 0.472 e. The minimum Gasteiger partial charge on any atom is -0.472 e. The van der Waals surface area contributed by atoms with Crippen molar-refractivity contribution in [3.63, 3.8) is 0 Å². The third kappa shape index (κ3) is 7.33. The van der Waals surface area contributed by atoms with Crippen molar-refractivity contribution >= 4 is 0 Å². The van der Waals surface area contributed by atoms with Gasteiger partial charge in [-0.25, -0.2) is 0 Å². The molecule has 0 bridgehead atoms. The van der Waals surface area contributed by atoms with Crippen LogP contribution in [-0.2, 0) is 66.3 Å². The highest BCUT2D eigenvalue weighted by atomic mass is 16.8. The van der Waals surface area contributed by atoms with Gasteiger partial charge < -0.3 is 66.3 Å². The maximum Gasteiger partial charge on any atom is 0.208 e. The molecule has 254 valence electrons. The van der Waals surface area contributed by atoms with E-state index in [9.17, 15) is 0 Å². The van der Waals surface area contributed by atoms with E-state index >= 15 is 0 Å². The predicted octanol–water partition coefficient (Wildman–Crippen LogP) is 1.11. The molecule has 4 aliphatic rings. The monoisotopic (exact) mass is 634 g/mol. The van der Waals surface area contributed by atoms with Gasteiger partial charge in [-0.15, -0.1) is 0 Å². The van der Waals surface area contributed by atoms with Crippen LogP contribution in [0.25, 0.3) is 0 Å². The lowest BCUT2D eigenvalue weighted by atomic mass is 9.87. The van der Waals surface area contributed by atoms with E-state index in [1.54, 1.807) is 70.3 Å². The highest BCUT2D eigenvalue weighted by Gasteiger charge is 2.53. The van der Waals surface area contributed by atoms with Crippen LogP contribution in [0.3, 0.4) is 0 Å². The van der Waals surface area contributed by atoms with Crippen molar-refractivity contribution in [3.8, 4) is 0 Å². The van der Waals surface area contributed by atoms with E-state index in [-0.39, 0.29) is 17.8 Å². The molecule has 44 heavy (non-hydrogen) atoms. The average Bonchev–Trinajstić information content (AvgIpc) is 3.38.